The highest BCUT2D eigenvalue weighted by Gasteiger charge is 2.14. The number of rotatable bonds is 3. The zero-order valence-corrected chi connectivity index (χ0v) is 17.4. The minimum atomic E-state index is -0.553. The van der Waals surface area contributed by atoms with Crippen LogP contribution in [0.25, 0.3) is 22.6 Å². The van der Waals surface area contributed by atoms with Crippen molar-refractivity contribution in [2.24, 2.45) is 0 Å². The summed E-state index contributed by atoms with van der Waals surface area (Å²) in [5, 5.41) is 6.04. The van der Waals surface area contributed by atoms with Crippen molar-refractivity contribution >= 4 is 63.2 Å². The molecule has 9 heteroatoms. The van der Waals surface area contributed by atoms with Crippen molar-refractivity contribution in [3.05, 3.63) is 82.1 Å². The highest BCUT2D eigenvalue weighted by Crippen LogP contribution is 2.27. The predicted molar refractivity (Wildman–Crippen MR) is 120 cm³/mol. The molecule has 3 aromatic carbocycles. The van der Waals surface area contributed by atoms with Gasteiger partial charge in [-0.3, -0.25) is 10.1 Å². The molecule has 2 N–H and O–H groups in total. The summed E-state index contributed by atoms with van der Waals surface area (Å²) in [4.78, 5) is 16.8. The van der Waals surface area contributed by atoms with E-state index in [1.807, 2.05) is 12.1 Å². The fraction of sp³-hybridized carbons (Fsp3) is 0. The SMILES string of the molecule is O=C(NC(=S)Nc1ccc2oc(-c3cccc(Cl)c3)nc2c1)c1ccc(F)cc1Cl. The minimum absolute atomic E-state index is 0.00661. The molecule has 0 unspecified atom stereocenters. The van der Waals surface area contributed by atoms with Crippen molar-refractivity contribution in [2.75, 3.05) is 5.32 Å². The standard InChI is InChI=1S/C21H12Cl2FN3O2S/c22-12-3-1-2-11(8-12)20-26-17-10-14(5-7-18(17)29-20)25-21(30)27-19(28)15-6-4-13(24)9-16(15)23/h1-10H,(H2,25,27,28,30). The Morgan fingerprint density at radius 3 is 2.67 bits per heavy atom. The lowest BCUT2D eigenvalue weighted by Crippen LogP contribution is -2.34. The maximum atomic E-state index is 13.1. The van der Waals surface area contributed by atoms with Gasteiger partial charge in [0.25, 0.3) is 5.91 Å². The maximum absolute atomic E-state index is 13.1. The van der Waals surface area contributed by atoms with Gasteiger partial charge in [-0.25, -0.2) is 9.37 Å². The van der Waals surface area contributed by atoms with Crippen molar-refractivity contribution in [1.82, 2.24) is 10.3 Å². The third-order valence-corrected chi connectivity index (χ3v) is 4.87. The number of carbonyl (C=O) groups is 1. The van der Waals surface area contributed by atoms with Gasteiger partial charge in [-0.2, -0.15) is 0 Å². The summed E-state index contributed by atoms with van der Waals surface area (Å²) >= 11 is 17.1. The Labute approximate surface area is 185 Å². The lowest BCUT2D eigenvalue weighted by Gasteiger charge is -2.10. The molecule has 4 aromatic rings. The number of halogens is 3. The number of nitrogens with zero attached hydrogens (tertiary/aromatic N) is 1. The molecule has 0 aliphatic rings. The molecule has 0 radical (unpaired) electrons. The van der Waals surface area contributed by atoms with E-state index in [4.69, 9.17) is 39.8 Å². The van der Waals surface area contributed by atoms with Gasteiger partial charge in [0.1, 0.15) is 11.3 Å². The number of benzene rings is 3. The summed E-state index contributed by atoms with van der Waals surface area (Å²) in [6.45, 7) is 0. The third kappa shape index (κ3) is 4.43. The van der Waals surface area contributed by atoms with Crippen LogP contribution in [0.4, 0.5) is 10.1 Å². The number of fused-ring (bicyclic) bond motifs is 1. The van der Waals surface area contributed by atoms with Gasteiger partial charge in [-0.05, 0) is 66.8 Å². The molecule has 0 aliphatic heterocycles. The number of oxazole rings is 1. The molecule has 0 saturated heterocycles. The molecule has 1 aromatic heterocycles. The van der Waals surface area contributed by atoms with E-state index >= 15 is 0 Å². The molecular weight excluding hydrogens is 448 g/mol. The number of thiocarbonyl (C=S) groups is 1. The zero-order chi connectivity index (χ0) is 21.3. The van der Waals surface area contributed by atoms with Crippen LogP contribution in [0, 0.1) is 5.82 Å². The Hall–Kier alpha value is -3.00. The monoisotopic (exact) mass is 459 g/mol. The lowest BCUT2D eigenvalue weighted by atomic mass is 10.2. The molecule has 0 saturated carbocycles. The smallest absolute Gasteiger partial charge is 0.258 e. The molecule has 0 fully saturated rings. The summed E-state index contributed by atoms with van der Waals surface area (Å²) in [6.07, 6.45) is 0. The molecule has 5 nitrogen and oxygen atoms in total. The van der Waals surface area contributed by atoms with Crippen LogP contribution in [0.2, 0.25) is 10.0 Å². The van der Waals surface area contributed by atoms with Crippen LogP contribution in [0.3, 0.4) is 0 Å². The number of hydrogen-bond acceptors (Lipinski definition) is 4. The average Bonchev–Trinajstić information content (AvgIpc) is 3.11. The van der Waals surface area contributed by atoms with Crippen molar-refractivity contribution < 1.29 is 13.6 Å². The quantitative estimate of drug-likeness (QED) is 0.364. The molecule has 0 atom stereocenters. The normalized spacial score (nSPS) is 10.8. The summed E-state index contributed by atoms with van der Waals surface area (Å²) in [6, 6.07) is 15.9. The maximum Gasteiger partial charge on any atom is 0.258 e. The second-order valence-corrected chi connectivity index (χ2v) is 7.50. The van der Waals surface area contributed by atoms with Crippen molar-refractivity contribution in [3.8, 4) is 11.5 Å². The fourth-order valence-electron chi connectivity index (χ4n) is 2.76. The van der Waals surface area contributed by atoms with Crippen molar-refractivity contribution in [2.45, 2.75) is 0 Å². The van der Waals surface area contributed by atoms with Crippen LogP contribution < -0.4 is 10.6 Å². The van der Waals surface area contributed by atoms with Gasteiger partial charge in [-0.1, -0.05) is 29.3 Å². The van der Waals surface area contributed by atoms with Crippen LogP contribution in [0.5, 0.6) is 0 Å². The Morgan fingerprint density at radius 2 is 1.90 bits per heavy atom. The van der Waals surface area contributed by atoms with Gasteiger partial charge in [0.15, 0.2) is 10.7 Å². The minimum Gasteiger partial charge on any atom is -0.436 e. The lowest BCUT2D eigenvalue weighted by molar-refractivity contribution is 0.0978. The van der Waals surface area contributed by atoms with Gasteiger partial charge >= 0.3 is 0 Å². The van der Waals surface area contributed by atoms with Gasteiger partial charge in [0.05, 0.1) is 10.6 Å². The predicted octanol–water partition coefficient (Wildman–Crippen LogP) is 6.07. The average molecular weight is 460 g/mol. The second kappa shape index (κ2) is 8.39. The number of nitrogens with one attached hydrogen (secondary N) is 2. The van der Waals surface area contributed by atoms with Crippen LogP contribution in [0.15, 0.2) is 65.1 Å². The first-order valence-corrected chi connectivity index (χ1v) is 9.79. The zero-order valence-electron chi connectivity index (χ0n) is 15.1. The summed E-state index contributed by atoms with van der Waals surface area (Å²) in [7, 11) is 0. The van der Waals surface area contributed by atoms with E-state index in [0.717, 1.165) is 17.7 Å². The molecule has 0 bridgehead atoms. The third-order valence-electron chi connectivity index (χ3n) is 4.12. The number of amides is 1. The molecular formula is C21H12Cl2FN3O2S. The van der Waals surface area contributed by atoms with E-state index in [2.05, 4.69) is 15.6 Å². The highest BCUT2D eigenvalue weighted by atomic mass is 35.5. The largest absolute Gasteiger partial charge is 0.436 e. The van der Waals surface area contributed by atoms with Gasteiger partial charge in [0, 0.05) is 16.3 Å². The van der Waals surface area contributed by atoms with Crippen LogP contribution in [-0.4, -0.2) is 16.0 Å². The molecule has 4 rings (SSSR count). The Morgan fingerprint density at radius 1 is 1.07 bits per heavy atom. The van der Waals surface area contributed by atoms with E-state index in [1.54, 1.807) is 30.3 Å². The molecule has 150 valence electrons. The number of aromatic nitrogens is 1. The van der Waals surface area contributed by atoms with E-state index in [9.17, 15) is 9.18 Å². The van der Waals surface area contributed by atoms with Gasteiger partial charge in [-0.15, -0.1) is 0 Å². The topological polar surface area (TPSA) is 67.2 Å². The Kier molecular flexibility index (Phi) is 5.67. The van der Waals surface area contributed by atoms with E-state index in [0.29, 0.717) is 27.7 Å². The molecule has 30 heavy (non-hydrogen) atoms. The Balaban J connectivity index is 1.49. The van der Waals surface area contributed by atoms with E-state index in [-0.39, 0.29) is 15.7 Å². The van der Waals surface area contributed by atoms with Gasteiger partial charge < -0.3 is 9.73 Å². The van der Waals surface area contributed by atoms with Gasteiger partial charge in [0.2, 0.25) is 5.89 Å². The molecule has 1 amide bonds. The molecule has 1 heterocycles. The first-order chi connectivity index (χ1) is 14.4. The fourth-order valence-corrected chi connectivity index (χ4v) is 3.41. The number of carbonyl (C=O) groups excluding carboxylic acids is 1. The highest BCUT2D eigenvalue weighted by molar-refractivity contribution is 7.80. The van der Waals surface area contributed by atoms with E-state index < -0.39 is 11.7 Å². The van der Waals surface area contributed by atoms with Crippen LogP contribution in [0.1, 0.15) is 10.4 Å². The van der Waals surface area contributed by atoms with Crippen LogP contribution in [-0.2, 0) is 0 Å². The van der Waals surface area contributed by atoms with Crippen molar-refractivity contribution in [1.29, 1.82) is 0 Å². The summed E-state index contributed by atoms with van der Waals surface area (Å²) in [5.74, 6) is -0.648. The summed E-state index contributed by atoms with van der Waals surface area (Å²) in [5.41, 5.74) is 2.66. The second-order valence-electron chi connectivity index (χ2n) is 6.24. The van der Waals surface area contributed by atoms with Crippen molar-refractivity contribution in [3.63, 3.8) is 0 Å². The summed E-state index contributed by atoms with van der Waals surface area (Å²) < 4.78 is 18.9. The van der Waals surface area contributed by atoms with Crippen LogP contribution >= 0.6 is 35.4 Å². The number of hydrogen-bond donors (Lipinski definition) is 2. The van der Waals surface area contributed by atoms with E-state index in [1.165, 1.54) is 6.07 Å². The molecule has 0 spiro atoms. The first-order valence-electron chi connectivity index (χ1n) is 8.63. The first kappa shape index (κ1) is 20.3. The Bertz CT molecular complexity index is 1290. The number of anilines is 1. The molecule has 0 aliphatic carbocycles.